The van der Waals surface area contributed by atoms with Crippen LogP contribution in [0.25, 0.3) is 0 Å². The van der Waals surface area contributed by atoms with Crippen molar-refractivity contribution in [3.8, 4) is 5.75 Å². The molecule has 1 atom stereocenters. The summed E-state index contributed by atoms with van der Waals surface area (Å²) in [4.78, 5) is 12.4. The Morgan fingerprint density at radius 3 is 2.81 bits per heavy atom. The van der Waals surface area contributed by atoms with Crippen LogP contribution in [0, 0.1) is 6.92 Å². The molecule has 0 saturated carbocycles. The van der Waals surface area contributed by atoms with Crippen molar-refractivity contribution >= 4 is 11.6 Å². The number of carbonyl (C=O) groups excluding carboxylic acids is 1. The first-order valence-corrected chi connectivity index (χ1v) is 7.00. The van der Waals surface area contributed by atoms with Crippen LogP contribution < -0.4 is 15.4 Å². The zero-order valence-electron chi connectivity index (χ0n) is 12.1. The van der Waals surface area contributed by atoms with Gasteiger partial charge in [-0.2, -0.15) is 0 Å². The van der Waals surface area contributed by atoms with E-state index in [1.54, 1.807) is 0 Å². The van der Waals surface area contributed by atoms with Gasteiger partial charge in [-0.15, -0.1) is 0 Å². The van der Waals surface area contributed by atoms with Crippen LogP contribution in [0.3, 0.4) is 0 Å². The predicted molar refractivity (Wildman–Crippen MR) is 82.9 cm³/mol. The highest BCUT2D eigenvalue weighted by Gasteiger charge is 2.25. The zero-order valence-corrected chi connectivity index (χ0v) is 12.1. The lowest BCUT2D eigenvalue weighted by Gasteiger charge is -2.13. The minimum absolute atomic E-state index is 0.0777. The maximum atomic E-state index is 12.4. The monoisotopic (exact) mass is 282 g/mol. The number of benzene rings is 2. The van der Waals surface area contributed by atoms with Crippen LogP contribution in [0.5, 0.6) is 5.75 Å². The SMILES string of the molecule is CNc1ccc(C(=O)NC2COc3ccccc32)cc1C. The summed E-state index contributed by atoms with van der Waals surface area (Å²) in [6, 6.07) is 13.4. The second-order valence-electron chi connectivity index (χ2n) is 5.15. The van der Waals surface area contributed by atoms with Crippen molar-refractivity contribution in [1.82, 2.24) is 5.32 Å². The molecule has 2 aromatic rings. The Morgan fingerprint density at radius 2 is 2.05 bits per heavy atom. The first kappa shape index (κ1) is 13.5. The Morgan fingerprint density at radius 1 is 1.24 bits per heavy atom. The molecule has 1 amide bonds. The molecule has 2 N–H and O–H groups in total. The molecule has 0 radical (unpaired) electrons. The molecule has 0 saturated heterocycles. The molecule has 0 bridgehead atoms. The minimum Gasteiger partial charge on any atom is -0.491 e. The molecule has 4 nitrogen and oxygen atoms in total. The van der Waals surface area contributed by atoms with E-state index in [1.165, 1.54) is 0 Å². The highest BCUT2D eigenvalue weighted by Crippen LogP contribution is 2.31. The fourth-order valence-electron chi connectivity index (χ4n) is 2.61. The average molecular weight is 282 g/mol. The third-order valence-corrected chi connectivity index (χ3v) is 3.76. The topological polar surface area (TPSA) is 50.4 Å². The fraction of sp³-hybridized carbons (Fsp3) is 0.235. The third-order valence-electron chi connectivity index (χ3n) is 3.76. The van der Waals surface area contributed by atoms with Crippen molar-refractivity contribution in [1.29, 1.82) is 0 Å². The lowest BCUT2D eigenvalue weighted by molar-refractivity contribution is 0.0930. The number of rotatable bonds is 3. The molecule has 108 valence electrons. The van der Waals surface area contributed by atoms with Gasteiger partial charge < -0.3 is 15.4 Å². The van der Waals surface area contributed by atoms with E-state index in [2.05, 4.69) is 10.6 Å². The van der Waals surface area contributed by atoms with Gasteiger partial charge in [0.25, 0.3) is 5.91 Å². The Kier molecular flexibility index (Phi) is 3.52. The second-order valence-corrected chi connectivity index (χ2v) is 5.15. The third kappa shape index (κ3) is 2.57. The van der Waals surface area contributed by atoms with Gasteiger partial charge in [-0.1, -0.05) is 18.2 Å². The van der Waals surface area contributed by atoms with Crippen molar-refractivity contribution in [3.63, 3.8) is 0 Å². The van der Waals surface area contributed by atoms with Gasteiger partial charge in [0.05, 0.1) is 6.04 Å². The molecule has 1 aliphatic heterocycles. The standard InChI is InChI=1S/C17H18N2O2/c1-11-9-12(7-8-14(11)18-2)17(20)19-15-10-21-16-6-4-3-5-13(15)16/h3-9,15,18H,10H2,1-2H3,(H,19,20). The van der Waals surface area contributed by atoms with Gasteiger partial charge in [0.1, 0.15) is 12.4 Å². The molecule has 1 aliphatic rings. The average Bonchev–Trinajstić information content (AvgIpc) is 2.90. The molecule has 1 unspecified atom stereocenters. The van der Waals surface area contributed by atoms with E-state index in [0.29, 0.717) is 12.2 Å². The number of fused-ring (bicyclic) bond motifs is 1. The van der Waals surface area contributed by atoms with Crippen LogP contribution in [0.2, 0.25) is 0 Å². The van der Waals surface area contributed by atoms with E-state index >= 15 is 0 Å². The molecule has 0 fully saturated rings. The number of hydrogen-bond acceptors (Lipinski definition) is 3. The number of anilines is 1. The van der Waals surface area contributed by atoms with E-state index in [9.17, 15) is 4.79 Å². The fourth-order valence-corrected chi connectivity index (χ4v) is 2.61. The Balaban J connectivity index is 1.77. The van der Waals surface area contributed by atoms with Gasteiger partial charge in [-0.05, 0) is 36.8 Å². The lowest BCUT2D eigenvalue weighted by Crippen LogP contribution is -2.29. The summed E-state index contributed by atoms with van der Waals surface area (Å²) >= 11 is 0. The van der Waals surface area contributed by atoms with E-state index in [-0.39, 0.29) is 11.9 Å². The van der Waals surface area contributed by atoms with Crippen LogP contribution in [-0.2, 0) is 0 Å². The Bertz CT molecular complexity index is 682. The molecule has 1 heterocycles. The van der Waals surface area contributed by atoms with Gasteiger partial charge in [0, 0.05) is 23.9 Å². The maximum Gasteiger partial charge on any atom is 0.251 e. The van der Waals surface area contributed by atoms with Crippen LogP contribution in [0.15, 0.2) is 42.5 Å². The Labute approximate surface area is 124 Å². The molecule has 4 heteroatoms. The summed E-state index contributed by atoms with van der Waals surface area (Å²) in [6.07, 6.45) is 0. The van der Waals surface area contributed by atoms with Crippen LogP contribution in [-0.4, -0.2) is 19.6 Å². The van der Waals surface area contributed by atoms with Crippen molar-refractivity contribution in [3.05, 3.63) is 59.2 Å². The van der Waals surface area contributed by atoms with Crippen LogP contribution >= 0.6 is 0 Å². The summed E-state index contributed by atoms with van der Waals surface area (Å²) < 4.78 is 5.58. The van der Waals surface area contributed by atoms with Crippen LogP contribution in [0.1, 0.15) is 27.5 Å². The van der Waals surface area contributed by atoms with E-state index in [4.69, 9.17) is 4.74 Å². The first-order valence-electron chi connectivity index (χ1n) is 7.00. The molecule has 0 aromatic heterocycles. The van der Waals surface area contributed by atoms with Crippen molar-refractivity contribution < 1.29 is 9.53 Å². The van der Waals surface area contributed by atoms with Crippen molar-refractivity contribution in [2.24, 2.45) is 0 Å². The lowest BCUT2D eigenvalue weighted by atomic mass is 10.1. The smallest absolute Gasteiger partial charge is 0.251 e. The summed E-state index contributed by atoms with van der Waals surface area (Å²) in [6.45, 7) is 2.47. The largest absolute Gasteiger partial charge is 0.491 e. The number of ether oxygens (including phenoxy) is 1. The van der Waals surface area contributed by atoms with Gasteiger partial charge >= 0.3 is 0 Å². The molecule has 0 aliphatic carbocycles. The van der Waals surface area contributed by atoms with Gasteiger partial charge in [-0.25, -0.2) is 0 Å². The molecule has 0 spiro atoms. The highest BCUT2D eigenvalue weighted by molar-refractivity contribution is 5.95. The van der Waals surface area contributed by atoms with Gasteiger partial charge in [-0.3, -0.25) is 4.79 Å². The highest BCUT2D eigenvalue weighted by atomic mass is 16.5. The molecular formula is C17H18N2O2. The minimum atomic E-state index is -0.0852. The molecule has 2 aromatic carbocycles. The quantitative estimate of drug-likeness (QED) is 0.910. The number of amides is 1. The van der Waals surface area contributed by atoms with Crippen molar-refractivity contribution in [2.75, 3.05) is 19.0 Å². The predicted octanol–water partition coefficient (Wildman–Crippen LogP) is 2.90. The molecule has 3 rings (SSSR count). The molecular weight excluding hydrogens is 264 g/mol. The number of para-hydroxylation sites is 1. The first-order chi connectivity index (χ1) is 10.2. The second kappa shape index (κ2) is 5.48. The Hall–Kier alpha value is -2.49. The summed E-state index contributed by atoms with van der Waals surface area (Å²) in [5.41, 5.74) is 3.78. The van der Waals surface area contributed by atoms with Crippen molar-refractivity contribution in [2.45, 2.75) is 13.0 Å². The maximum absolute atomic E-state index is 12.4. The number of hydrogen-bond donors (Lipinski definition) is 2. The number of nitrogens with one attached hydrogen (secondary N) is 2. The van der Waals surface area contributed by atoms with Gasteiger partial charge in [0.15, 0.2) is 0 Å². The van der Waals surface area contributed by atoms with Gasteiger partial charge in [0.2, 0.25) is 0 Å². The summed E-state index contributed by atoms with van der Waals surface area (Å²) in [7, 11) is 1.87. The van der Waals surface area contributed by atoms with E-state index in [1.807, 2.05) is 56.4 Å². The zero-order chi connectivity index (χ0) is 14.8. The number of aryl methyl sites for hydroxylation is 1. The van der Waals surface area contributed by atoms with Crippen LogP contribution in [0.4, 0.5) is 5.69 Å². The molecule has 21 heavy (non-hydrogen) atoms. The van der Waals surface area contributed by atoms with E-state index in [0.717, 1.165) is 22.6 Å². The normalized spacial score (nSPS) is 16.0. The summed E-state index contributed by atoms with van der Waals surface area (Å²) in [5, 5.41) is 6.13. The summed E-state index contributed by atoms with van der Waals surface area (Å²) in [5.74, 6) is 0.774. The van der Waals surface area contributed by atoms with E-state index < -0.39 is 0 Å². The number of carbonyl (C=O) groups is 1.